The van der Waals surface area contributed by atoms with E-state index in [-0.39, 0.29) is 10.8 Å². The van der Waals surface area contributed by atoms with Crippen molar-refractivity contribution in [2.24, 2.45) is 5.92 Å². The number of rotatable bonds is 6. The van der Waals surface area contributed by atoms with Gasteiger partial charge in [-0.05, 0) is 18.6 Å². The first-order chi connectivity index (χ1) is 8.57. The summed E-state index contributed by atoms with van der Waals surface area (Å²) in [6, 6.07) is 10.0. The van der Waals surface area contributed by atoms with Crippen LogP contribution in [0.1, 0.15) is 19.8 Å². The maximum atomic E-state index is 12.4. The first-order valence-electron chi connectivity index (χ1n) is 5.89. The Morgan fingerprint density at radius 1 is 1.39 bits per heavy atom. The summed E-state index contributed by atoms with van der Waals surface area (Å²) < 4.78 is 24.7. The van der Waals surface area contributed by atoms with Crippen LogP contribution in [0.25, 0.3) is 0 Å². The minimum absolute atomic E-state index is 0.194. The van der Waals surface area contributed by atoms with Crippen LogP contribution < -0.4 is 0 Å². The lowest BCUT2D eigenvalue weighted by atomic mass is 10.0. The first-order valence-corrected chi connectivity index (χ1v) is 7.43. The molecule has 0 heterocycles. The fourth-order valence-electron chi connectivity index (χ4n) is 1.88. The molecular formula is C14H17NO2S. The van der Waals surface area contributed by atoms with Crippen molar-refractivity contribution in [3.05, 3.63) is 43.0 Å². The average molecular weight is 263 g/mol. The van der Waals surface area contributed by atoms with Gasteiger partial charge in [0.15, 0.2) is 15.1 Å². The molecule has 0 N–H and O–H groups in total. The number of hydrogen-bond donors (Lipinski definition) is 0. The van der Waals surface area contributed by atoms with Crippen LogP contribution in [0.15, 0.2) is 47.9 Å². The predicted octanol–water partition coefficient (Wildman–Crippen LogP) is 2.95. The smallest absolute Gasteiger partial charge is 0.195 e. The SMILES string of the molecule is C=C[C@@H](CCC)C(C#N)S(=O)(=O)c1ccccc1. The highest BCUT2D eigenvalue weighted by atomic mass is 32.2. The monoisotopic (exact) mass is 263 g/mol. The molecule has 18 heavy (non-hydrogen) atoms. The lowest BCUT2D eigenvalue weighted by Crippen LogP contribution is -2.27. The van der Waals surface area contributed by atoms with Gasteiger partial charge < -0.3 is 0 Å². The molecule has 0 aliphatic carbocycles. The largest absolute Gasteiger partial charge is 0.222 e. The van der Waals surface area contributed by atoms with Gasteiger partial charge in [0.25, 0.3) is 0 Å². The van der Waals surface area contributed by atoms with Crippen LogP contribution in [0.3, 0.4) is 0 Å². The van der Waals surface area contributed by atoms with Crippen LogP contribution in [0, 0.1) is 17.2 Å². The fraction of sp³-hybridized carbons (Fsp3) is 0.357. The third-order valence-electron chi connectivity index (χ3n) is 2.85. The van der Waals surface area contributed by atoms with Gasteiger partial charge >= 0.3 is 0 Å². The number of nitriles is 1. The standard InChI is InChI=1S/C14H17NO2S/c1-3-8-12(4-2)14(11-15)18(16,17)13-9-6-5-7-10-13/h4-7,9-10,12,14H,2-3,8H2,1H3/t12-,14?/m0/s1. The molecule has 1 rings (SSSR count). The summed E-state index contributed by atoms with van der Waals surface area (Å²) in [5.41, 5.74) is 0. The van der Waals surface area contributed by atoms with Gasteiger partial charge in [-0.2, -0.15) is 5.26 Å². The average Bonchev–Trinajstić information content (AvgIpc) is 2.39. The Morgan fingerprint density at radius 3 is 2.44 bits per heavy atom. The highest BCUT2D eigenvalue weighted by molar-refractivity contribution is 7.92. The maximum Gasteiger partial charge on any atom is 0.195 e. The molecule has 0 bridgehead atoms. The van der Waals surface area contributed by atoms with E-state index in [4.69, 9.17) is 0 Å². The zero-order valence-corrected chi connectivity index (χ0v) is 11.2. The molecular weight excluding hydrogens is 246 g/mol. The fourth-order valence-corrected chi connectivity index (χ4v) is 3.55. The van der Waals surface area contributed by atoms with Crippen LogP contribution >= 0.6 is 0 Å². The lowest BCUT2D eigenvalue weighted by molar-refractivity contribution is 0.545. The van der Waals surface area contributed by atoms with E-state index in [0.717, 1.165) is 6.42 Å². The zero-order valence-electron chi connectivity index (χ0n) is 10.4. The molecule has 96 valence electrons. The quantitative estimate of drug-likeness (QED) is 0.741. The summed E-state index contributed by atoms with van der Waals surface area (Å²) in [5.74, 6) is -0.329. The minimum Gasteiger partial charge on any atom is -0.222 e. The van der Waals surface area contributed by atoms with Crippen molar-refractivity contribution in [1.29, 1.82) is 5.26 Å². The Morgan fingerprint density at radius 2 is 2.00 bits per heavy atom. The molecule has 4 heteroatoms. The molecule has 1 aromatic rings. The Bertz CT molecular complexity index is 529. The van der Waals surface area contributed by atoms with Crippen LogP contribution in [-0.2, 0) is 9.84 Å². The van der Waals surface area contributed by atoms with Gasteiger partial charge in [-0.15, -0.1) is 6.58 Å². The summed E-state index contributed by atoms with van der Waals surface area (Å²) in [4.78, 5) is 0.194. The molecule has 0 saturated heterocycles. The van der Waals surface area contributed by atoms with Crippen molar-refractivity contribution in [2.45, 2.75) is 29.9 Å². The van der Waals surface area contributed by atoms with E-state index in [1.807, 2.05) is 13.0 Å². The summed E-state index contributed by atoms with van der Waals surface area (Å²) in [6.45, 7) is 5.60. The Kier molecular flexibility index (Phi) is 5.11. The Labute approximate surface area is 109 Å². The van der Waals surface area contributed by atoms with Crippen LogP contribution in [0.5, 0.6) is 0 Å². The van der Waals surface area contributed by atoms with Crippen molar-refractivity contribution in [3.8, 4) is 6.07 Å². The molecule has 0 fully saturated rings. The number of hydrogen-bond acceptors (Lipinski definition) is 3. The number of sulfone groups is 1. The maximum absolute atomic E-state index is 12.4. The van der Waals surface area contributed by atoms with Crippen molar-refractivity contribution < 1.29 is 8.42 Å². The normalized spacial score (nSPS) is 14.4. The summed E-state index contributed by atoms with van der Waals surface area (Å²) in [6.07, 6.45) is 3.03. The topological polar surface area (TPSA) is 57.9 Å². The second kappa shape index (κ2) is 6.36. The van der Waals surface area contributed by atoms with E-state index in [1.54, 1.807) is 24.3 Å². The van der Waals surface area contributed by atoms with Gasteiger partial charge in [-0.3, -0.25) is 0 Å². The molecule has 1 aromatic carbocycles. The van der Waals surface area contributed by atoms with E-state index in [2.05, 4.69) is 6.58 Å². The zero-order chi connectivity index (χ0) is 13.6. The van der Waals surface area contributed by atoms with Gasteiger partial charge in [0.05, 0.1) is 11.0 Å². The van der Waals surface area contributed by atoms with Crippen molar-refractivity contribution in [1.82, 2.24) is 0 Å². The highest BCUT2D eigenvalue weighted by Crippen LogP contribution is 2.24. The van der Waals surface area contributed by atoms with E-state index in [0.29, 0.717) is 6.42 Å². The van der Waals surface area contributed by atoms with Crippen LogP contribution in [-0.4, -0.2) is 13.7 Å². The first kappa shape index (κ1) is 14.5. The summed E-state index contributed by atoms with van der Waals surface area (Å²) >= 11 is 0. The molecule has 0 amide bonds. The van der Waals surface area contributed by atoms with Gasteiger partial charge in [0.2, 0.25) is 0 Å². The van der Waals surface area contributed by atoms with Gasteiger partial charge in [-0.25, -0.2) is 8.42 Å². The molecule has 0 spiro atoms. The van der Waals surface area contributed by atoms with Crippen LogP contribution in [0.2, 0.25) is 0 Å². The summed E-state index contributed by atoms with van der Waals surface area (Å²) in [7, 11) is -3.62. The Balaban J connectivity index is 3.17. The van der Waals surface area contributed by atoms with Crippen molar-refractivity contribution in [3.63, 3.8) is 0 Å². The van der Waals surface area contributed by atoms with Crippen molar-refractivity contribution in [2.75, 3.05) is 0 Å². The number of nitrogens with zero attached hydrogens (tertiary/aromatic N) is 1. The predicted molar refractivity (Wildman–Crippen MR) is 71.6 cm³/mol. The second-order valence-electron chi connectivity index (χ2n) is 4.10. The number of allylic oxidation sites excluding steroid dienone is 1. The van der Waals surface area contributed by atoms with Gasteiger partial charge in [0.1, 0.15) is 0 Å². The lowest BCUT2D eigenvalue weighted by Gasteiger charge is -2.18. The van der Waals surface area contributed by atoms with E-state index < -0.39 is 15.1 Å². The molecule has 0 aromatic heterocycles. The molecule has 2 atom stereocenters. The molecule has 0 radical (unpaired) electrons. The van der Waals surface area contributed by atoms with E-state index >= 15 is 0 Å². The second-order valence-corrected chi connectivity index (χ2v) is 6.17. The molecule has 1 unspecified atom stereocenters. The van der Waals surface area contributed by atoms with Gasteiger partial charge in [-0.1, -0.05) is 37.6 Å². The molecule has 0 aliphatic rings. The molecule has 0 aliphatic heterocycles. The number of benzene rings is 1. The van der Waals surface area contributed by atoms with Crippen molar-refractivity contribution >= 4 is 9.84 Å². The third-order valence-corrected chi connectivity index (χ3v) is 4.90. The minimum atomic E-state index is -3.62. The highest BCUT2D eigenvalue weighted by Gasteiger charge is 2.32. The van der Waals surface area contributed by atoms with Gasteiger partial charge in [0, 0.05) is 5.92 Å². The third kappa shape index (κ3) is 2.99. The Hall–Kier alpha value is -1.60. The van der Waals surface area contributed by atoms with Crippen LogP contribution in [0.4, 0.5) is 0 Å². The summed E-state index contributed by atoms with van der Waals surface area (Å²) in [5, 5.41) is 8.12. The van der Waals surface area contributed by atoms with E-state index in [1.165, 1.54) is 12.1 Å². The molecule has 0 saturated carbocycles. The van der Waals surface area contributed by atoms with E-state index in [9.17, 15) is 13.7 Å². The molecule has 3 nitrogen and oxygen atoms in total.